The standard InChI is InChI=1S/C21H31F3N4O2/c1-15-8-9-16(18(12-15)30-14-21(22,23)24)13-27-20(25-2)26-11-10-19(29)28-17-6-4-3-5-7-17/h8-9,12,17H,3-7,10-11,13-14H2,1-2H3,(H,28,29)(H2,25,26,27). The van der Waals surface area contributed by atoms with E-state index in [4.69, 9.17) is 4.74 Å². The molecule has 3 N–H and O–H groups in total. The Balaban J connectivity index is 1.78. The van der Waals surface area contributed by atoms with Gasteiger partial charge in [-0.3, -0.25) is 9.79 Å². The molecule has 1 saturated carbocycles. The number of aliphatic imine (C=N–C) groups is 1. The Morgan fingerprint density at radius 2 is 1.93 bits per heavy atom. The second-order valence-corrected chi connectivity index (χ2v) is 7.52. The quantitative estimate of drug-likeness (QED) is 0.438. The Kier molecular flexibility index (Phi) is 9.26. The first-order valence-corrected chi connectivity index (χ1v) is 10.3. The largest absolute Gasteiger partial charge is 0.484 e. The van der Waals surface area contributed by atoms with Gasteiger partial charge in [0, 0.05) is 38.2 Å². The maximum absolute atomic E-state index is 12.5. The van der Waals surface area contributed by atoms with E-state index in [1.165, 1.54) is 6.42 Å². The van der Waals surface area contributed by atoms with Crippen LogP contribution < -0.4 is 20.7 Å². The number of carbonyl (C=O) groups is 1. The topological polar surface area (TPSA) is 74.8 Å². The molecule has 0 aromatic heterocycles. The molecular formula is C21H31F3N4O2. The van der Waals surface area contributed by atoms with Crippen LogP contribution in [0.3, 0.4) is 0 Å². The Bertz CT molecular complexity index is 717. The van der Waals surface area contributed by atoms with Gasteiger partial charge in [-0.25, -0.2) is 0 Å². The third-order valence-electron chi connectivity index (χ3n) is 4.90. The van der Waals surface area contributed by atoms with E-state index in [9.17, 15) is 18.0 Å². The third-order valence-corrected chi connectivity index (χ3v) is 4.90. The van der Waals surface area contributed by atoms with Crippen molar-refractivity contribution in [1.82, 2.24) is 16.0 Å². The average Bonchev–Trinajstić information content (AvgIpc) is 2.70. The van der Waals surface area contributed by atoms with Crippen LogP contribution in [0.1, 0.15) is 49.7 Å². The highest BCUT2D eigenvalue weighted by Crippen LogP contribution is 2.23. The molecular weight excluding hydrogens is 397 g/mol. The summed E-state index contributed by atoms with van der Waals surface area (Å²) in [6.07, 6.45) is 1.56. The van der Waals surface area contributed by atoms with Gasteiger partial charge in [-0.05, 0) is 31.4 Å². The smallest absolute Gasteiger partial charge is 0.422 e. The number of aryl methyl sites for hydroxylation is 1. The van der Waals surface area contributed by atoms with Crippen LogP contribution in [0.25, 0.3) is 0 Å². The maximum atomic E-state index is 12.5. The number of halogens is 3. The molecule has 0 aliphatic heterocycles. The monoisotopic (exact) mass is 428 g/mol. The van der Waals surface area contributed by atoms with Gasteiger partial charge < -0.3 is 20.7 Å². The zero-order chi connectivity index (χ0) is 22.0. The van der Waals surface area contributed by atoms with Gasteiger partial charge in [0.25, 0.3) is 0 Å². The molecule has 2 rings (SSSR count). The zero-order valence-electron chi connectivity index (χ0n) is 17.6. The molecule has 30 heavy (non-hydrogen) atoms. The zero-order valence-corrected chi connectivity index (χ0v) is 17.6. The van der Waals surface area contributed by atoms with E-state index in [2.05, 4.69) is 20.9 Å². The number of hydrogen-bond donors (Lipinski definition) is 3. The molecule has 1 amide bonds. The average molecular weight is 428 g/mol. The number of guanidine groups is 1. The third kappa shape index (κ3) is 8.92. The molecule has 1 aromatic rings. The van der Waals surface area contributed by atoms with Gasteiger partial charge in [0.05, 0.1) is 0 Å². The molecule has 0 bridgehead atoms. The lowest BCUT2D eigenvalue weighted by Gasteiger charge is -2.22. The Morgan fingerprint density at radius 3 is 2.60 bits per heavy atom. The van der Waals surface area contributed by atoms with Gasteiger partial charge >= 0.3 is 6.18 Å². The number of benzene rings is 1. The van der Waals surface area contributed by atoms with Crippen LogP contribution in [-0.4, -0.2) is 44.3 Å². The molecule has 1 fully saturated rings. The second kappa shape index (κ2) is 11.7. The molecule has 0 atom stereocenters. The molecule has 0 spiro atoms. The number of carbonyl (C=O) groups excluding carboxylic acids is 1. The minimum absolute atomic E-state index is 0.00576. The number of amides is 1. The van der Waals surface area contributed by atoms with Gasteiger partial charge in [-0.2, -0.15) is 13.2 Å². The highest BCUT2D eigenvalue weighted by atomic mass is 19.4. The molecule has 1 aliphatic rings. The molecule has 1 aromatic carbocycles. The van der Waals surface area contributed by atoms with Crippen molar-refractivity contribution in [2.45, 2.75) is 64.2 Å². The van der Waals surface area contributed by atoms with Crippen molar-refractivity contribution in [2.24, 2.45) is 4.99 Å². The fourth-order valence-corrected chi connectivity index (χ4v) is 3.34. The van der Waals surface area contributed by atoms with Crippen molar-refractivity contribution in [1.29, 1.82) is 0 Å². The maximum Gasteiger partial charge on any atom is 0.422 e. The molecule has 0 unspecified atom stereocenters. The van der Waals surface area contributed by atoms with Gasteiger partial charge in [0.1, 0.15) is 5.75 Å². The van der Waals surface area contributed by atoms with Crippen LogP contribution in [0.5, 0.6) is 5.75 Å². The van der Waals surface area contributed by atoms with Crippen LogP contribution >= 0.6 is 0 Å². The Hall–Kier alpha value is -2.45. The van der Waals surface area contributed by atoms with Crippen LogP contribution in [0.2, 0.25) is 0 Å². The lowest BCUT2D eigenvalue weighted by Crippen LogP contribution is -2.41. The van der Waals surface area contributed by atoms with Crippen molar-refractivity contribution in [3.8, 4) is 5.75 Å². The number of rotatable bonds is 8. The van der Waals surface area contributed by atoms with E-state index in [0.717, 1.165) is 31.2 Å². The fraction of sp³-hybridized carbons (Fsp3) is 0.619. The molecule has 0 heterocycles. The Labute approximate surface area is 175 Å². The number of alkyl halides is 3. The van der Waals surface area contributed by atoms with Crippen molar-refractivity contribution in [3.05, 3.63) is 29.3 Å². The number of nitrogens with zero attached hydrogens (tertiary/aromatic N) is 1. The van der Waals surface area contributed by atoms with Gasteiger partial charge in [0.2, 0.25) is 5.91 Å². The summed E-state index contributed by atoms with van der Waals surface area (Å²) < 4.78 is 42.4. The predicted octanol–water partition coefficient (Wildman–Crippen LogP) is 3.44. The summed E-state index contributed by atoms with van der Waals surface area (Å²) in [6.45, 7) is 1.09. The highest BCUT2D eigenvalue weighted by molar-refractivity contribution is 5.81. The summed E-state index contributed by atoms with van der Waals surface area (Å²) >= 11 is 0. The van der Waals surface area contributed by atoms with Crippen molar-refractivity contribution >= 4 is 11.9 Å². The summed E-state index contributed by atoms with van der Waals surface area (Å²) in [5.74, 6) is 0.649. The van der Waals surface area contributed by atoms with Gasteiger partial charge in [-0.1, -0.05) is 31.4 Å². The van der Waals surface area contributed by atoms with Crippen LogP contribution in [-0.2, 0) is 11.3 Å². The summed E-state index contributed by atoms with van der Waals surface area (Å²) in [5.41, 5.74) is 1.39. The second-order valence-electron chi connectivity index (χ2n) is 7.52. The highest BCUT2D eigenvalue weighted by Gasteiger charge is 2.28. The molecule has 1 aliphatic carbocycles. The van der Waals surface area contributed by atoms with Crippen LogP contribution in [0.15, 0.2) is 23.2 Å². The number of hydrogen-bond acceptors (Lipinski definition) is 3. The first-order chi connectivity index (χ1) is 14.3. The van der Waals surface area contributed by atoms with Crippen molar-refractivity contribution < 1.29 is 22.7 Å². The summed E-state index contributed by atoms with van der Waals surface area (Å²) in [6, 6.07) is 5.39. The molecule has 9 heteroatoms. The normalized spacial score (nSPS) is 15.6. The predicted molar refractivity (Wildman–Crippen MR) is 111 cm³/mol. The van der Waals surface area contributed by atoms with Crippen LogP contribution in [0.4, 0.5) is 13.2 Å². The minimum atomic E-state index is -4.40. The SMILES string of the molecule is CN=C(NCCC(=O)NC1CCCCC1)NCc1ccc(C)cc1OCC(F)(F)F. The summed E-state index contributed by atoms with van der Waals surface area (Å²) in [5, 5.41) is 9.16. The van der Waals surface area contributed by atoms with E-state index < -0.39 is 12.8 Å². The lowest BCUT2D eigenvalue weighted by molar-refractivity contribution is -0.153. The van der Waals surface area contributed by atoms with E-state index in [-0.39, 0.29) is 24.2 Å². The minimum Gasteiger partial charge on any atom is -0.484 e. The van der Waals surface area contributed by atoms with Crippen molar-refractivity contribution in [2.75, 3.05) is 20.2 Å². The summed E-state index contributed by atoms with van der Waals surface area (Å²) in [7, 11) is 1.59. The number of nitrogens with one attached hydrogen (secondary N) is 3. The van der Waals surface area contributed by atoms with Gasteiger partial charge in [-0.15, -0.1) is 0 Å². The lowest BCUT2D eigenvalue weighted by atomic mass is 9.95. The Morgan fingerprint density at radius 1 is 1.20 bits per heavy atom. The van der Waals surface area contributed by atoms with Gasteiger partial charge in [0.15, 0.2) is 12.6 Å². The molecule has 168 valence electrons. The fourth-order valence-electron chi connectivity index (χ4n) is 3.34. The molecule has 0 saturated heterocycles. The first-order valence-electron chi connectivity index (χ1n) is 10.3. The number of ether oxygens (including phenoxy) is 1. The van der Waals surface area contributed by atoms with Crippen molar-refractivity contribution in [3.63, 3.8) is 0 Å². The van der Waals surface area contributed by atoms with E-state index >= 15 is 0 Å². The molecule has 6 nitrogen and oxygen atoms in total. The van der Waals surface area contributed by atoms with E-state index in [1.54, 1.807) is 26.1 Å². The van der Waals surface area contributed by atoms with E-state index in [1.807, 2.05) is 6.07 Å². The summed E-state index contributed by atoms with van der Waals surface area (Å²) in [4.78, 5) is 16.2. The van der Waals surface area contributed by atoms with E-state index in [0.29, 0.717) is 24.5 Å². The molecule has 0 radical (unpaired) electrons. The first kappa shape index (κ1) is 23.8. The van der Waals surface area contributed by atoms with Crippen LogP contribution in [0, 0.1) is 6.92 Å².